The van der Waals surface area contributed by atoms with E-state index in [0.29, 0.717) is 0 Å². The number of aryl methyl sites for hydroxylation is 2. The number of fused-ring (bicyclic) bond motifs is 4. The summed E-state index contributed by atoms with van der Waals surface area (Å²) in [6.07, 6.45) is 0. The van der Waals surface area contributed by atoms with E-state index in [4.69, 9.17) is 0 Å². The minimum Gasteiger partial charge on any atom is -0.194 e. The first-order chi connectivity index (χ1) is 14.7. The second kappa shape index (κ2) is 6.36. The van der Waals surface area contributed by atoms with E-state index in [9.17, 15) is 0 Å². The summed E-state index contributed by atoms with van der Waals surface area (Å²) in [5, 5.41) is 5.08. The highest BCUT2D eigenvalue weighted by molar-refractivity contribution is 6.06. The molecular weight excluding hydrogens is 364 g/mol. The fraction of sp³-hybridized carbons (Fsp3) is 0.0714. The lowest BCUT2D eigenvalue weighted by Gasteiger charge is -2.10. The fourth-order valence-corrected chi connectivity index (χ4v) is 4.86. The molecule has 0 saturated heterocycles. The van der Waals surface area contributed by atoms with Gasteiger partial charge in [-0.2, -0.15) is 9.13 Å². The largest absolute Gasteiger partial charge is 0.213 e. The molecule has 0 fully saturated rings. The van der Waals surface area contributed by atoms with Gasteiger partial charge in [0.1, 0.15) is 14.1 Å². The van der Waals surface area contributed by atoms with E-state index in [0.717, 1.165) is 0 Å². The number of rotatable bonds is 1. The van der Waals surface area contributed by atoms with Crippen LogP contribution < -0.4 is 9.13 Å². The standard InChI is InChI=1S/C28H22N2/c1-29-25-13-5-3-9-19(25)17-23-21(11-7-15-27(23)29)22-12-8-16-28-24(22)18-20-10-4-6-14-26(20)30(28)2/h3-18H,1-2H3/q+2. The Balaban J connectivity index is 1.76. The third kappa shape index (κ3) is 2.37. The Morgan fingerprint density at radius 3 is 1.30 bits per heavy atom. The monoisotopic (exact) mass is 386 g/mol. The molecule has 4 aromatic carbocycles. The van der Waals surface area contributed by atoms with E-state index in [1.807, 2.05) is 0 Å². The molecule has 0 aliphatic carbocycles. The van der Waals surface area contributed by atoms with Crippen molar-refractivity contribution in [1.29, 1.82) is 0 Å². The van der Waals surface area contributed by atoms with Gasteiger partial charge in [-0.15, -0.1) is 0 Å². The van der Waals surface area contributed by atoms with E-state index < -0.39 is 0 Å². The van der Waals surface area contributed by atoms with Gasteiger partial charge >= 0.3 is 0 Å². The van der Waals surface area contributed by atoms with E-state index in [2.05, 4.69) is 120 Å². The number of nitrogens with zero attached hydrogens (tertiary/aromatic N) is 2. The van der Waals surface area contributed by atoms with Crippen molar-refractivity contribution in [2.75, 3.05) is 0 Å². The number of hydrogen-bond donors (Lipinski definition) is 0. The Morgan fingerprint density at radius 1 is 0.433 bits per heavy atom. The molecule has 2 heteroatoms. The third-order valence-electron chi connectivity index (χ3n) is 6.37. The summed E-state index contributed by atoms with van der Waals surface area (Å²) in [5.74, 6) is 0. The number of pyridine rings is 2. The summed E-state index contributed by atoms with van der Waals surface area (Å²) in [6, 6.07) is 35.1. The molecule has 6 aromatic rings. The quantitative estimate of drug-likeness (QED) is 0.256. The number of hydrogen-bond acceptors (Lipinski definition) is 0. The zero-order valence-electron chi connectivity index (χ0n) is 17.1. The van der Waals surface area contributed by atoms with Gasteiger partial charge in [0.05, 0.1) is 10.8 Å². The molecular formula is C28H22N2+2. The molecule has 0 radical (unpaired) electrons. The SMILES string of the molecule is C[n+]1c2ccccc2cc2c(-c3cccc4c3cc3ccccc3[n+]4C)cccc21. The van der Waals surface area contributed by atoms with Crippen molar-refractivity contribution in [2.45, 2.75) is 0 Å². The molecule has 2 heterocycles. The summed E-state index contributed by atoms with van der Waals surface area (Å²) in [5.41, 5.74) is 7.53. The Morgan fingerprint density at radius 2 is 0.833 bits per heavy atom. The van der Waals surface area contributed by atoms with Gasteiger partial charge in [-0.1, -0.05) is 48.5 Å². The van der Waals surface area contributed by atoms with Crippen LogP contribution in [0.5, 0.6) is 0 Å². The van der Waals surface area contributed by atoms with Gasteiger partial charge in [0.2, 0.25) is 22.1 Å². The molecule has 6 rings (SSSR count). The molecule has 0 atom stereocenters. The molecule has 0 N–H and O–H groups in total. The molecule has 0 aliphatic heterocycles. The Bertz CT molecular complexity index is 1490. The summed E-state index contributed by atoms with van der Waals surface area (Å²) < 4.78 is 4.60. The van der Waals surface area contributed by atoms with E-state index in [1.165, 1.54) is 54.7 Å². The van der Waals surface area contributed by atoms with Crippen LogP contribution in [0.1, 0.15) is 0 Å². The summed E-state index contributed by atoms with van der Waals surface area (Å²) in [6.45, 7) is 0. The van der Waals surface area contributed by atoms with E-state index >= 15 is 0 Å². The minimum absolute atomic E-state index is 1.24. The number of para-hydroxylation sites is 2. The van der Waals surface area contributed by atoms with Gasteiger partial charge in [-0.25, -0.2) is 0 Å². The summed E-state index contributed by atoms with van der Waals surface area (Å²) >= 11 is 0. The normalized spacial score (nSPS) is 11.7. The van der Waals surface area contributed by atoms with Crippen LogP contribution >= 0.6 is 0 Å². The molecule has 0 aliphatic rings. The minimum atomic E-state index is 1.24. The van der Waals surface area contributed by atoms with Gasteiger partial charge in [-0.3, -0.25) is 0 Å². The van der Waals surface area contributed by atoms with Gasteiger partial charge < -0.3 is 0 Å². The molecule has 0 bridgehead atoms. The lowest BCUT2D eigenvalue weighted by molar-refractivity contribution is -0.617. The molecule has 0 saturated carbocycles. The topological polar surface area (TPSA) is 7.76 Å². The maximum atomic E-state index is 2.33. The van der Waals surface area contributed by atoms with Crippen LogP contribution in [0.15, 0.2) is 97.1 Å². The predicted molar refractivity (Wildman–Crippen MR) is 124 cm³/mol. The van der Waals surface area contributed by atoms with Gasteiger partial charge in [0.15, 0.2) is 0 Å². The summed E-state index contributed by atoms with van der Waals surface area (Å²) in [4.78, 5) is 0. The van der Waals surface area contributed by atoms with Crippen molar-refractivity contribution in [3.63, 3.8) is 0 Å². The van der Waals surface area contributed by atoms with Crippen LogP contribution in [0, 0.1) is 0 Å². The van der Waals surface area contributed by atoms with Crippen LogP contribution in [-0.2, 0) is 14.1 Å². The molecule has 142 valence electrons. The first-order valence-electron chi connectivity index (χ1n) is 10.3. The first kappa shape index (κ1) is 17.1. The van der Waals surface area contributed by atoms with Gasteiger partial charge in [0, 0.05) is 35.0 Å². The van der Waals surface area contributed by atoms with Crippen LogP contribution in [0.4, 0.5) is 0 Å². The maximum Gasteiger partial charge on any atom is 0.213 e. The zero-order chi connectivity index (χ0) is 20.2. The van der Waals surface area contributed by atoms with Crippen LogP contribution in [-0.4, -0.2) is 0 Å². The molecule has 0 spiro atoms. The van der Waals surface area contributed by atoms with E-state index in [1.54, 1.807) is 0 Å². The molecule has 0 unspecified atom stereocenters. The van der Waals surface area contributed by atoms with Gasteiger partial charge in [0.25, 0.3) is 0 Å². The fourth-order valence-electron chi connectivity index (χ4n) is 4.86. The van der Waals surface area contributed by atoms with Crippen molar-refractivity contribution in [3.8, 4) is 11.1 Å². The van der Waals surface area contributed by atoms with Gasteiger partial charge in [-0.05, 0) is 35.4 Å². The highest BCUT2D eigenvalue weighted by Gasteiger charge is 2.19. The van der Waals surface area contributed by atoms with Crippen molar-refractivity contribution >= 4 is 43.6 Å². The first-order valence-corrected chi connectivity index (χ1v) is 10.3. The second-order valence-corrected chi connectivity index (χ2v) is 8.00. The van der Waals surface area contributed by atoms with Crippen LogP contribution in [0.3, 0.4) is 0 Å². The highest BCUT2D eigenvalue weighted by Crippen LogP contribution is 2.34. The average molecular weight is 386 g/mol. The lowest BCUT2D eigenvalue weighted by atomic mass is 9.95. The van der Waals surface area contributed by atoms with Crippen molar-refractivity contribution in [1.82, 2.24) is 0 Å². The summed E-state index contributed by atoms with van der Waals surface area (Å²) in [7, 11) is 4.32. The Labute approximate surface area is 175 Å². The predicted octanol–water partition coefficient (Wildman–Crippen LogP) is 5.62. The Hall–Kier alpha value is -3.78. The number of benzene rings is 4. The van der Waals surface area contributed by atoms with Crippen molar-refractivity contribution in [2.24, 2.45) is 14.1 Å². The van der Waals surface area contributed by atoms with Crippen molar-refractivity contribution < 1.29 is 9.13 Å². The Kier molecular flexibility index (Phi) is 3.63. The molecule has 30 heavy (non-hydrogen) atoms. The smallest absolute Gasteiger partial charge is 0.194 e. The van der Waals surface area contributed by atoms with Crippen LogP contribution in [0.2, 0.25) is 0 Å². The third-order valence-corrected chi connectivity index (χ3v) is 6.37. The number of aromatic nitrogens is 2. The molecule has 0 amide bonds. The molecule has 2 aromatic heterocycles. The molecule has 2 nitrogen and oxygen atoms in total. The lowest BCUT2D eigenvalue weighted by Crippen LogP contribution is -2.30. The van der Waals surface area contributed by atoms with Crippen molar-refractivity contribution in [3.05, 3.63) is 97.1 Å². The second-order valence-electron chi connectivity index (χ2n) is 8.00. The highest BCUT2D eigenvalue weighted by atomic mass is 14.9. The average Bonchev–Trinajstić information content (AvgIpc) is 2.79. The van der Waals surface area contributed by atoms with Crippen LogP contribution in [0.25, 0.3) is 54.7 Å². The zero-order valence-corrected chi connectivity index (χ0v) is 17.1. The van der Waals surface area contributed by atoms with E-state index in [-0.39, 0.29) is 0 Å². The maximum absolute atomic E-state index is 2.33.